The smallest absolute Gasteiger partial charge is 0.337 e. The quantitative estimate of drug-likeness (QED) is 0.539. The van der Waals surface area contributed by atoms with Crippen LogP contribution in [0.1, 0.15) is 22.0 Å². The molecule has 2 unspecified atom stereocenters. The molecule has 0 spiro atoms. The summed E-state index contributed by atoms with van der Waals surface area (Å²) in [5.74, 6) is -0.335. The second-order valence-electron chi connectivity index (χ2n) is 3.31. The molecule has 88 valence electrons. The third kappa shape index (κ3) is 2.98. The van der Waals surface area contributed by atoms with Crippen LogP contribution in [-0.4, -0.2) is 35.1 Å². The average Bonchev–Trinajstić information content (AvgIpc) is 2.36. The first-order valence-electron chi connectivity index (χ1n) is 4.75. The molecule has 0 aliphatic carbocycles. The van der Waals surface area contributed by atoms with Crippen molar-refractivity contribution < 1.29 is 19.7 Å². The van der Waals surface area contributed by atoms with Crippen molar-refractivity contribution in [2.75, 3.05) is 12.9 Å². The summed E-state index contributed by atoms with van der Waals surface area (Å²) in [5.41, 5.74) is 0.801. The fourth-order valence-corrected chi connectivity index (χ4v) is 1.49. The molecule has 0 aliphatic rings. The molecule has 2 atom stereocenters. The molecule has 0 fully saturated rings. The lowest BCUT2D eigenvalue weighted by molar-refractivity contribution is 0.0336. The number of hydrogen-bond donors (Lipinski definition) is 3. The van der Waals surface area contributed by atoms with Crippen LogP contribution in [0.25, 0.3) is 0 Å². The number of rotatable bonds is 4. The molecular formula is C11H14O4S. The van der Waals surface area contributed by atoms with Crippen LogP contribution in [0.2, 0.25) is 0 Å². The first kappa shape index (κ1) is 13.0. The Morgan fingerprint density at radius 1 is 1.50 bits per heavy atom. The number of esters is 1. The number of aliphatic hydroxyl groups excluding tert-OH is 2. The van der Waals surface area contributed by atoms with Crippen LogP contribution in [0.3, 0.4) is 0 Å². The lowest BCUT2D eigenvalue weighted by Gasteiger charge is -2.16. The summed E-state index contributed by atoms with van der Waals surface area (Å²) in [6, 6.07) is 6.32. The number of carbonyl (C=O) groups excluding carboxylic acids is 1. The molecule has 0 saturated heterocycles. The van der Waals surface area contributed by atoms with Gasteiger partial charge in [-0.2, -0.15) is 12.6 Å². The minimum absolute atomic E-state index is 0.142. The average molecular weight is 242 g/mol. The maximum Gasteiger partial charge on any atom is 0.337 e. The summed E-state index contributed by atoms with van der Waals surface area (Å²) in [4.78, 5) is 11.2. The summed E-state index contributed by atoms with van der Waals surface area (Å²) >= 11 is 3.89. The van der Waals surface area contributed by atoms with E-state index >= 15 is 0 Å². The van der Waals surface area contributed by atoms with Crippen LogP contribution in [0, 0.1) is 0 Å². The molecule has 0 aromatic heterocycles. The van der Waals surface area contributed by atoms with E-state index in [0.29, 0.717) is 11.1 Å². The Morgan fingerprint density at radius 2 is 2.19 bits per heavy atom. The Bertz CT molecular complexity index is 367. The van der Waals surface area contributed by atoms with Crippen molar-refractivity contribution in [1.82, 2.24) is 0 Å². The van der Waals surface area contributed by atoms with E-state index in [1.807, 2.05) is 0 Å². The van der Waals surface area contributed by atoms with Gasteiger partial charge in [0, 0.05) is 5.75 Å². The summed E-state index contributed by atoms with van der Waals surface area (Å²) in [6.45, 7) is 0. The van der Waals surface area contributed by atoms with Crippen LogP contribution in [0.15, 0.2) is 24.3 Å². The molecule has 0 heterocycles. The van der Waals surface area contributed by atoms with Crippen molar-refractivity contribution in [3.05, 3.63) is 35.4 Å². The van der Waals surface area contributed by atoms with Gasteiger partial charge in [0.1, 0.15) is 6.10 Å². The van der Waals surface area contributed by atoms with Crippen molar-refractivity contribution in [2.24, 2.45) is 0 Å². The van der Waals surface area contributed by atoms with Gasteiger partial charge in [-0.05, 0) is 17.7 Å². The highest BCUT2D eigenvalue weighted by Crippen LogP contribution is 2.19. The molecule has 2 N–H and O–H groups in total. The van der Waals surface area contributed by atoms with Crippen LogP contribution in [0.4, 0.5) is 0 Å². The van der Waals surface area contributed by atoms with Crippen LogP contribution in [-0.2, 0) is 4.74 Å². The lowest BCUT2D eigenvalue weighted by atomic mass is 10.0. The van der Waals surface area contributed by atoms with Gasteiger partial charge >= 0.3 is 5.97 Å². The SMILES string of the molecule is COC(=O)c1cccc(C(O)C(O)CS)c1. The fourth-order valence-electron chi connectivity index (χ4n) is 1.29. The van der Waals surface area contributed by atoms with Crippen molar-refractivity contribution in [2.45, 2.75) is 12.2 Å². The number of thiol groups is 1. The second kappa shape index (κ2) is 5.89. The van der Waals surface area contributed by atoms with E-state index in [1.165, 1.54) is 13.2 Å². The van der Waals surface area contributed by atoms with Gasteiger partial charge in [-0.25, -0.2) is 4.79 Å². The van der Waals surface area contributed by atoms with E-state index in [4.69, 9.17) is 0 Å². The Kier molecular flexibility index (Phi) is 4.79. The molecular weight excluding hydrogens is 228 g/mol. The van der Waals surface area contributed by atoms with Gasteiger partial charge in [0.25, 0.3) is 0 Å². The zero-order chi connectivity index (χ0) is 12.1. The van der Waals surface area contributed by atoms with E-state index in [2.05, 4.69) is 17.4 Å². The fraction of sp³-hybridized carbons (Fsp3) is 0.364. The molecule has 0 amide bonds. The number of aliphatic hydroxyl groups is 2. The highest BCUT2D eigenvalue weighted by Gasteiger charge is 2.18. The maximum absolute atomic E-state index is 11.2. The predicted molar refractivity (Wildman–Crippen MR) is 62.6 cm³/mol. The summed E-state index contributed by atoms with van der Waals surface area (Å²) < 4.78 is 4.56. The zero-order valence-corrected chi connectivity index (χ0v) is 9.72. The topological polar surface area (TPSA) is 66.8 Å². The maximum atomic E-state index is 11.2. The van der Waals surface area contributed by atoms with Gasteiger partial charge < -0.3 is 14.9 Å². The molecule has 5 heteroatoms. The van der Waals surface area contributed by atoms with Crippen LogP contribution < -0.4 is 0 Å². The molecule has 1 aromatic carbocycles. The summed E-state index contributed by atoms with van der Waals surface area (Å²) in [7, 11) is 1.29. The van der Waals surface area contributed by atoms with E-state index in [9.17, 15) is 15.0 Å². The second-order valence-corrected chi connectivity index (χ2v) is 3.68. The van der Waals surface area contributed by atoms with E-state index < -0.39 is 18.2 Å². The standard InChI is InChI=1S/C11H14O4S/c1-15-11(14)8-4-2-3-7(5-8)10(13)9(12)6-16/h2-5,9-10,12-13,16H,6H2,1H3. The highest BCUT2D eigenvalue weighted by atomic mass is 32.1. The third-order valence-electron chi connectivity index (χ3n) is 2.20. The number of methoxy groups -OCH3 is 1. The first-order chi connectivity index (χ1) is 7.60. The minimum Gasteiger partial charge on any atom is -0.465 e. The van der Waals surface area contributed by atoms with Gasteiger partial charge in [0.05, 0.1) is 18.8 Å². The van der Waals surface area contributed by atoms with Crippen molar-refractivity contribution in [1.29, 1.82) is 0 Å². The monoisotopic (exact) mass is 242 g/mol. The Balaban J connectivity index is 2.94. The molecule has 1 aromatic rings. The molecule has 16 heavy (non-hydrogen) atoms. The summed E-state index contributed by atoms with van der Waals surface area (Å²) in [5, 5.41) is 19.1. The van der Waals surface area contributed by atoms with Gasteiger partial charge in [-0.1, -0.05) is 12.1 Å². The number of benzene rings is 1. The molecule has 4 nitrogen and oxygen atoms in total. The predicted octanol–water partition coefficient (Wildman–Crippen LogP) is 0.797. The Labute approximate surface area is 99.3 Å². The molecule has 1 rings (SSSR count). The van der Waals surface area contributed by atoms with E-state index in [1.54, 1.807) is 18.2 Å². The highest BCUT2D eigenvalue weighted by molar-refractivity contribution is 7.80. The third-order valence-corrected chi connectivity index (χ3v) is 2.57. The number of ether oxygens (including phenoxy) is 1. The van der Waals surface area contributed by atoms with Gasteiger partial charge in [0.2, 0.25) is 0 Å². The minimum atomic E-state index is -1.05. The molecule has 0 aliphatic heterocycles. The number of hydrogen-bond acceptors (Lipinski definition) is 5. The van der Waals surface area contributed by atoms with Gasteiger partial charge in [0.15, 0.2) is 0 Å². The van der Waals surface area contributed by atoms with Crippen LogP contribution >= 0.6 is 12.6 Å². The van der Waals surface area contributed by atoms with Gasteiger partial charge in [-0.15, -0.1) is 0 Å². The Hall–Kier alpha value is -1.04. The van der Waals surface area contributed by atoms with Crippen molar-refractivity contribution >= 4 is 18.6 Å². The summed E-state index contributed by atoms with van der Waals surface area (Å²) in [6.07, 6.45) is -2.02. The van der Waals surface area contributed by atoms with Crippen molar-refractivity contribution in [3.8, 4) is 0 Å². The normalized spacial score (nSPS) is 14.2. The van der Waals surface area contributed by atoms with E-state index in [-0.39, 0.29) is 5.75 Å². The Morgan fingerprint density at radius 3 is 2.75 bits per heavy atom. The largest absolute Gasteiger partial charge is 0.465 e. The first-order valence-corrected chi connectivity index (χ1v) is 5.38. The van der Waals surface area contributed by atoms with Crippen LogP contribution in [0.5, 0.6) is 0 Å². The zero-order valence-electron chi connectivity index (χ0n) is 8.83. The van der Waals surface area contributed by atoms with Gasteiger partial charge in [-0.3, -0.25) is 0 Å². The molecule has 0 saturated carbocycles. The van der Waals surface area contributed by atoms with Crippen molar-refractivity contribution in [3.63, 3.8) is 0 Å². The lowest BCUT2D eigenvalue weighted by Crippen LogP contribution is -2.20. The number of carbonyl (C=O) groups is 1. The molecule has 0 radical (unpaired) electrons. The van der Waals surface area contributed by atoms with E-state index in [0.717, 1.165) is 0 Å². The molecule has 0 bridgehead atoms.